The van der Waals surface area contributed by atoms with Gasteiger partial charge in [0.1, 0.15) is 18.1 Å². The average Bonchev–Trinajstić information content (AvgIpc) is 2.76. The topological polar surface area (TPSA) is 62.5 Å². The van der Waals surface area contributed by atoms with Gasteiger partial charge in [-0.3, -0.25) is 4.79 Å². The molecule has 21 heavy (non-hydrogen) atoms. The number of hydrogen-bond acceptors (Lipinski definition) is 2. The van der Waals surface area contributed by atoms with Gasteiger partial charge in [-0.1, -0.05) is 12.1 Å². The second-order valence-electron chi connectivity index (χ2n) is 4.76. The van der Waals surface area contributed by atoms with Gasteiger partial charge in [0, 0.05) is 22.2 Å². The summed E-state index contributed by atoms with van der Waals surface area (Å²) in [6.07, 6.45) is 0. The fraction of sp³-hybridized carbons (Fsp3) is 0.0625. The van der Waals surface area contributed by atoms with E-state index >= 15 is 0 Å². The van der Waals surface area contributed by atoms with Gasteiger partial charge in [0.15, 0.2) is 0 Å². The maximum absolute atomic E-state index is 13.4. The summed E-state index contributed by atoms with van der Waals surface area (Å²) in [5.41, 5.74) is 1.86. The van der Waals surface area contributed by atoms with Crippen LogP contribution in [0.15, 0.2) is 48.5 Å². The maximum atomic E-state index is 13.4. The van der Waals surface area contributed by atoms with Gasteiger partial charge in [-0.05, 0) is 36.4 Å². The molecule has 2 aromatic carbocycles. The molecule has 1 aromatic heterocycles. The number of phenolic OH excluding ortho intramolecular Hbond substituents is 1. The van der Waals surface area contributed by atoms with Gasteiger partial charge in [0.05, 0.1) is 0 Å². The van der Waals surface area contributed by atoms with Gasteiger partial charge in [0.2, 0.25) is 0 Å². The number of nitrogens with zero attached hydrogens (tertiary/aromatic N) is 1. The van der Waals surface area contributed by atoms with E-state index in [1.807, 2.05) is 0 Å². The minimum atomic E-state index is -0.988. The molecular weight excluding hydrogens is 273 g/mol. The van der Waals surface area contributed by atoms with Crippen LogP contribution in [0.2, 0.25) is 0 Å². The molecule has 2 N–H and O–H groups in total. The Morgan fingerprint density at radius 2 is 1.95 bits per heavy atom. The lowest BCUT2D eigenvalue weighted by Gasteiger charge is -2.08. The number of benzene rings is 2. The lowest BCUT2D eigenvalue weighted by atomic mass is 10.1. The van der Waals surface area contributed by atoms with Crippen LogP contribution < -0.4 is 0 Å². The standard InChI is InChI=1S/C16H12FNO3/c17-12-3-1-2-10(6-12)15-8-11-7-13(19)4-5-14(11)18(15)9-16(20)21/h1-8,19H,9H2,(H,20,21). The van der Waals surface area contributed by atoms with Crippen molar-refractivity contribution in [2.24, 2.45) is 0 Å². The molecule has 0 spiro atoms. The fourth-order valence-electron chi connectivity index (χ4n) is 2.45. The number of halogens is 1. The summed E-state index contributed by atoms with van der Waals surface area (Å²) >= 11 is 0. The Kier molecular flexibility index (Phi) is 3.10. The van der Waals surface area contributed by atoms with Gasteiger partial charge < -0.3 is 14.8 Å². The van der Waals surface area contributed by atoms with Crippen molar-refractivity contribution >= 4 is 16.9 Å². The van der Waals surface area contributed by atoms with E-state index in [0.717, 1.165) is 0 Å². The van der Waals surface area contributed by atoms with Crippen LogP contribution in [0.3, 0.4) is 0 Å². The first-order valence-electron chi connectivity index (χ1n) is 6.34. The highest BCUT2D eigenvalue weighted by Crippen LogP contribution is 2.30. The van der Waals surface area contributed by atoms with Crippen LogP contribution in [0.25, 0.3) is 22.2 Å². The average molecular weight is 285 g/mol. The summed E-state index contributed by atoms with van der Waals surface area (Å²) in [6.45, 7) is -0.236. The fourth-order valence-corrected chi connectivity index (χ4v) is 2.45. The third-order valence-corrected chi connectivity index (χ3v) is 3.30. The molecule has 0 saturated heterocycles. The number of hydrogen-bond donors (Lipinski definition) is 2. The highest BCUT2D eigenvalue weighted by Gasteiger charge is 2.14. The molecule has 1 heterocycles. The molecule has 0 atom stereocenters. The Morgan fingerprint density at radius 1 is 1.14 bits per heavy atom. The summed E-state index contributed by atoms with van der Waals surface area (Å²) in [6, 6.07) is 12.4. The molecule has 0 unspecified atom stereocenters. The molecule has 5 heteroatoms. The molecule has 0 aliphatic rings. The Balaban J connectivity index is 2.27. The minimum absolute atomic E-state index is 0.0979. The number of phenols is 1. The molecule has 106 valence electrons. The quantitative estimate of drug-likeness (QED) is 0.776. The van der Waals surface area contributed by atoms with Crippen molar-refractivity contribution < 1.29 is 19.4 Å². The Labute approximate surface area is 119 Å². The van der Waals surface area contributed by atoms with E-state index in [4.69, 9.17) is 5.11 Å². The van der Waals surface area contributed by atoms with Gasteiger partial charge >= 0.3 is 5.97 Å². The maximum Gasteiger partial charge on any atom is 0.323 e. The van der Waals surface area contributed by atoms with Crippen LogP contribution in [-0.2, 0) is 11.3 Å². The molecule has 0 saturated carbocycles. The van der Waals surface area contributed by atoms with Gasteiger partial charge in [-0.15, -0.1) is 0 Å². The Bertz CT molecular complexity index is 839. The molecule has 0 bridgehead atoms. The van der Waals surface area contributed by atoms with Crippen LogP contribution in [0.4, 0.5) is 4.39 Å². The highest BCUT2D eigenvalue weighted by molar-refractivity contribution is 5.89. The van der Waals surface area contributed by atoms with Crippen molar-refractivity contribution in [2.75, 3.05) is 0 Å². The zero-order chi connectivity index (χ0) is 15.0. The number of aromatic nitrogens is 1. The summed E-state index contributed by atoms with van der Waals surface area (Å²) in [5, 5.41) is 19.3. The monoisotopic (exact) mass is 285 g/mol. The summed E-state index contributed by atoms with van der Waals surface area (Å²) in [7, 11) is 0. The first-order valence-corrected chi connectivity index (χ1v) is 6.34. The minimum Gasteiger partial charge on any atom is -0.508 e. The Hall–Kier alpha value is -2.82. The van der Waals surface area contributed by atoms with Crippen molar-refractivity contribution in [2.45, 2.75) is 6.54 Å². The first-order chi connectivity index (χ1) is 10.0. The summed E-state index contributed by atoms with van der Waals surface area (Å²) < 4.78 is 15.0. The van der Waals surface area contributed by atoms with Crippen LogP contribution in [-0.4, -0.2) is 20.7 Å². The molecule has 0 radical (unpaired) electrons. The molecule has 0 fully saturated rings. The molecule has 0 amide bonds. The van der Waals surface area contributed by atoms with E-state index in [1.165, 1.54) is 18.2 Å². The van der Waals surface area contributed by atoms with Crippen molar-refractivity contribution in [3.8, 4) is 17.0 Å². The molecule has 0 aliphatic heterocycles. The largest absolute Gasteiger partial charge is 0.508 e. The Morgan fingerprint density at radius 3 is 2.67 bits per heavy atom. The number of carboxylic acids is 1. The van der Waals surface area contributed by atoms with Gasteiger partial charge in [0.25, 0.3) is 0 Å². The molecule has 3 aromatic rings. The van der Waals surface area contributed by atoms with E-state index in [-0.39, 0.29) is 18.1 Å². The predicted octanol–water partition coefficient (Wildman–Crippen LogP) is 3.24. The van der Waals surface area contributed by atoms with E-state index in [1.54, 1.807) is 34.9 Å². The third-order valence-electron chi connectivity index (χ3n) is 3.30. The number of carbonyl (C=O) groups is 1. The van der Waals surface area contributed by atoms with Gasteiger partial charge in [-0.25, -0.2) is 4.39 Å². The smallest absolute Gasteiger partial charge is 0.323 e. The molecule has 0 aliphatic carbocycles. The predicted molar refractivity (Wildman–Crippen MR) is 76.6 cm³/mol. The SMILES string of the molecule is O=C(O)Cn1c(-c2cccc(F)c2)cc2cc(O)ccc21. The number of rotatable bonds is 3. The van der Waals surface area contributed by atoms with E-state index in [0.29, 0.717) is 22.2 Å². The molecule has 4 nitrogen and oxygen atoms in total. The normalized spacial score (nSPS) is 10.9. The number of aliphatic carboxylic acids is 1. The third kappa shape index (κ3) is 2.45. The zero-order valence-corrected chi connectivity index (χ0v) is 11.0. The van der Waals surface area contributed by atoms with E-state index in [9.17, 15) is 14.3 Å². The lowest BCUT2D eigenvalue weighted by Crippen LogP contribution is -2.09. The van der Waals surface area contributed by atoms with Gasteiger partial charge in [-0.2, -0.15) is 0 Å². The highest BCUT2D eigenvalue weighted by atomic mass is 19.1. The molecular formula is C16H12FNO3. The summed E-state index contributed by atoms with van der Waals surface area (Å²) in [5.74, 6) is -1.28. The van der Waals surface area contributed by atoms with E-state index < -0.39 is 5.97 Å². The van der Waals surface area contributed by atoms with Crippen molar-refractivity contribution in [1.82, 2.24) is 4.57 Å². The molecule has 3 rings (SSSR count). The van der Waals surface area contributed by atoms with Crippen LogP contribution in [0.1, 0.15) is 0 Å². The zero-order valence-electron chi connectivity index (χ0n) is 11.0. The second kappa shape index (κ2) is 4.94. The van der Waals surface area contributed by atoms with Crippen LogP contribution in [0.5, 0.6) is 5.75 Å². The lowest BCUT2D eigenvalue weighted by molar-refractivity contribution is -0.137. The van der Waals surface area contributed by atoms with E-state index in [2.05, 4.69) is 0 Å². The summed E-state index contributed by atoms with van der Waals surface area (Å²) in [4.78, 5) is 11.1. The van der Waals surface area contributed by atoms with Crippen molar-refractivity contribution in [3.63, 3.8) is 0 Å². The number of aromatic hydroxyl groups is 1. The van der Waals surface area contributed by atoms with Crippen LogP contribution in [0, 0.1) is 5.82 Å². The number of carboxylic acid groups (broad SMARTS) is 1. The first kappa shape index (κ1) is 13.2. The number of fused-ring (bicyclic) bond motifs is 1. The van der Waals surface area contributed by atoms with Crippen molar-refractivity contribution in [1.29, 1.82) is 0 Å². The second-order valence-corrected chi connectivity index (χ2v) is 4.76. The van der Waals surface area contributed by atoms with Crippen LogP contribution >= 0.6 is 0 Å². The van der Waals surface area contributed by atoms with Crippen molar-refractivity contribution in [3.05, 3.63) is 54.3 Å².